The molecule has 0 saturated carbocycles. The maximum Gasteiger partial charge on any atom is 0.250 e. The third kappa shape index (κ3) is 6.16. The van der Waals surface area contributed by atoms with Crippen molar-refractivity contribution in [3.05, 3.63) is 139 Å². The van der Waals surface area contributed by atoms with E-state index in [1.807, 2.05) is 132 Å². The fraction of sp³-hybridized carbons (Fsp3) is 0.286. The summed E-state index contributed by atoms with van der Waals surface area (Å²) in [6.45, 7) is 22.0. The van der Waals surface area contributed by atoms with E-state index in [0.29, 0.717) is 21.5 Å². The summed E-state index contributed by atoms with van der Waals surface area (Å²) in [5.41, 5.74) is 11.3. The van der Waals surface area contributed by atoms with Crippen molar-refractivity contribution < 1.29 is 17.6 Å². The van der Waals surface area contributed by atoms with E-state index in [-0.39, 0.29) is 0 Å². The molecule has 0 aliphatic heterocycles. The molecule has 6 heteroatoms. The van der Waals surface area contributed by atoms with Gasteiger partial charge in [0.1, 0.15) is 0 Å². The summed E-state index contributed by atoms with van der Waals surface area (Å²) in [7, 11) is -2.03. The maximum atomic E-state index is 17.2. The molecule has 0 atom stereocenters. The third-order valence-electron chi connectivity index (χ3n) is 9.56. The van der Waals surface area contributed by atoms with Gasteiger partial charge < -0.3 is 0 Å². The van der Waals surface area contributed by atoms with Crippen LogP contribution in [0.5, 0.6) is 0 Å². The lowest BCUT2D eigenvalue weighted by Crippen LogP contribution is -2.59. The van der Waals surface area contributed by atoms with Crippen LogP contribution in [-0.4, -0.2) is 6.71 Å². The van der Waals surface area contributed by atoms with Crippen LogP contribution in [0.3, 0.4) is 0 Å². The Morgan fingerprint density at radius 2 is 0.583 bits per heavy atom. The number of hydrogen-bond acceptors (Lipinski definition) is 0. The minimum Gasteiger partial charge on any atom is -0.204 e. The molecule has 248 valence electrons. The Morgan fingerprint density at radius 1 is 0.333 bits per heavy atom. The van der Waals surface area contributed by atoms with Gasteiger partial charge in [-0.3, -0.25) is 0 Å². The number of hydrogen-bond donors (Lipinski definition) is 0. The smallest absolute Gasteiger partial charge is 0.204 e. The molecule has 0 radical (unpaired) electrons. The summed E-state index contributed by atoms with van der Waals surface area (Å²) in [4.78, 5) is 0. The van der Waals surface area contributed by atoms with Gasteiger partial charge in [0.25, 0.3) is 6.71 Å². The van der Waals surface area contributed by atoms with E-state index < -0.39 is 48.7 Å². The van der Waals surface area contributed by atoms with E-state index in [0.717, 1.165) is 66.8 Å². The molecular formula is C42H44BF4P. The molecule has 5 rings (SSSR count). The average molecular weight is 667 g/mol. The summed E-state index contributed by atoms with van der Waals surface area (Å²) in [5.74, 6) is -5.35. The average Bonchev–Trinajstić information content (AvgIpc) is 2.94. The van der Waals surface area contributed by atoms with E-state index in [1.54, 1.807) is 0 Å². The zero-order chi connectivity index (χ0) is 35.5. The lowest BCUT2D eigenvalue weighted by atomic mass is 9.34. The highest BCUT2D eigenvalue weighted by Crippen LogP contribution is 2.41. The van der Waals surface area contributed by atoms with Crippen molar-refractivity contribution >= 4 is 46.9 Å². The van der Waals surface area contributed by atoms with Crippen LogP contribution in [0.4, 0.5) is 17.6 Å². The molecule has 0 saturated heterocycles. The van der Waals surface area contributed by atoms with Gasteiger partial charge in [-0.1, -0.05) is 104 Å². The summed E-state index contributed by atoms with van der Waals surface area (Å²) in [5, 5.41) is 0.881. The van der Waals surface area contributed by atoms with Crippen molar-refractivity contribution in [2.75, 3.05) is 0 Å². The molecule has 5 aromatic rings. The van der Waals surface area contributed by atoms with Gasteiger partial charge in [-0.2, -0.15) is 0 Å². The van der Waals surface area contributed by atoms with E-state index in [4.69, 9.17) is 0 Å². The minimum absolute atomic E-state index is 0.540. The topological polar surface area (TPSA) is 0 Å². The Bertz CT molecular complexity index is 1730. The highest BCUT2D eigenvalue weighted by molar-refractivity contribution is 7.80. The van der Waals surface area contributed by atoms with Crippen LogP contribution in [0, 0.1) is 106 Å². The van der Waals surface area contributed by atoms with Crippen molar-refractivity contribution in [2.45, 2.75) is 83.1 Å². The molecular weight excluding hydrogens is 622 g/mol. The Balaban J connectivity index is 1.94. The Hall–Kier alpha value is -3.69. The molecule has 0 spiro atoms. The molecule has 0 nitrogen and oxygen atoms in total. The lowest BCUT2D eigenvalue weighted by Gasteiger charge is -2.30. The van der Waals surface area contributed by atoms with Crippen LogP contribution < -0.4 is 32.3 Å². The number of halogens is 4. The Morgan fingerprint density at radius 3 is 0.854 bits per heavy atom. The van der Waals surface area contributed by atoms with Crippen molar-refractivity contribution in [2.24, 2.45) is 0 Å². The summed E-state index contributed by atoms with van der Waals surface area (Å²) < 4.78 is 68.7. The van der Waals surface area contributed by atoms with E-state index in [2.05, 4.69) is 0 Å². The first-order valence-corrected chi connectivity index (χ1v) is 17.8. The predicted molar refractivity (Wildman–Crippen MR) is 199 cm³/mol. The standard InChI is InChI=1S/C42H44BF4P/c1-21-13-25(5)33(26(6)14-21)43(34-27(7)15-22(2)16-28(34)8)35-36(44)38(46)42(39(47)37(35)45)48(40-29(9)17-23(3)18-30(40)10)41-31(11)19-24(4)20-32(41)12/h13-20H,1-12H3. The minimum atomic E-state index is -2.03. The van der Waals surface area contributed by atoms with Gasteiger partial charge in [0.05, 0.1) is 5.30 Å². The second kappa shape index (κ2) is 13.3. The normalized spacial score (nSPS) is 11.5. The SMILES string of the molecule is Cc1cc(C)c(B(c2c(C)cc(C)cc2C)c2c(F)c(F)c(P(c3c(C)cc(C)cc3C)c3c(C)cc(C)cc3C)c(F)c2F)c(C)c1. The van der Waals surface area contributed by atoms with Crippen molar-refractivity contribution in [1.82, 2.24) is 0 Å². The second-order valence-corrected chi connectivity index (χ2v) is 15.9. The zero-order valence-corrected chi connectivity index (χ0v) is 31.0. The molecule has 0 amide bonds. The van der Waals surface area contributed by atoms with Crippen molar-refractivity contribution in [3.63, 3.8) is 0 Å². The molecule has 0 fully saturated rings. The van der Waals surface area contributed by atoms with Crippen LogP contribution in [0.15, 0.2) is 48.5 Å². The first-order chi connectivity index (χ1) is 22.4. The zero-order valence-electron chi connectivity index (χ0n) is 30.2. The van der Waals surface area contributed by atoms with Crippen LogP contribution >= 0.6 is 7.92 Å². The first kappa shape index (κ1) is 35.6. The monoisotopic (exact) mass is 666 g/mol. The largest absolute Gasteiger partial charge is 0.250 e. The van der Waals surface area contributed by atoms with Gasteiger partial charge in [0.15, 0.2) is 23.3 Å². The molecule has 48 heavy (non-hydrogen) atoms. The summed E-state index contributed by atoms with van der Waals surface area (Å²) >= 11 is 0. The quantitative estimate of drug-likeness (QED) is 0.0742. The van der Waals surface area contributed by atoms with Crippen molar-refractivity contribution in [3.8, 4) is 0 Å². The molecule has 0 aromatic heterocycles. The number of aryl methyl sites for hydroxylation is 12. The third-order valence-corrected chi connectivity index (χ3v) is 12.7. The first-order valence-electron chi connectivity index (χ1n) is 16.4. The highest BCUT2D eigenvalue weighted by atomic mass is 31.1. The van der Waals surface area contributed by atoms with Gasteiger partial charge in [0.2, 0.25) is 0 Å². The van der Waals surface area contributed by atoms with Gasteiger partial charge >= 0.3 is 0 Å². The van der Waals surface area contributed by atoms with Gasteiger partial charge in [-0.25, -0.2) is 17.6 Å². The second-order valence-electron chi connectivity index (χ2n) is 13.9. The Kier molecular flexibility index (Phi) is 9.88. The van der Waals surface area contributed by atoms with Gasteiger partial charge in [-0.05, 0) is 124 Å². The molecule has 0 bridgehead atoms. The molecule has 0 N–H and O–H groups in total. The Labute approximate surface area is 285 Å². The predicted octanol–water partition coefficient (Wildman–Crippen LogP) is 8.22. The summed E-state index contributed by atoms with van der Waals surface area (Å²) in [6.07, 6.45) is 0. The molecule has 5 aromatic carbocycles. The van der Waals surface area contributed by atoms with Gasteiger partial charge in [-0.15, -0.1) is 0 Å². The highest BCUT2D eigenvalue weighted by Gasteiger charge is 2.40. The van der Waals surface area contributed by atoms with Crippen LogP contribution in [0.1, 0.15) is 66.8 Å². The maximum absolute atomic E-state index is 17.2. The number of rotatable bonds is 6. The molecule has 0 aliphatic carbocycles. The van der Waals surface area contributed by atoms with Crippen molar-refractivity contribution in [1.29, 1.82) is 0 Å². The van der Waals surface area contributed by atoms with Crippen LogP contribution in [0.25, 0.3) is 0 Å². The fourth-order valence-corrected chi connectivity index (χ4v) is 11.1. The van der Waals surface area contributed by atoms with E-state index in [1.165, 1.54) is 0 Å². The molecule has 0 unspecified atom stereocenters. The van der Waals surface area contributed by atoms with Crippen LogP contribution in [0.2, 0.25) is 0 Å². The van der Waals surface area contributed by atoms with E-state index in [9.17, 15) is 0 Å². The summed E-state index contributed by atoms with van der Waals surface area (Å²) in [6, 6.07) is 15.7. The fourth-order valence-electron chi connectivity index (χ4n) is 8.20. The molecule has 0 aliphatic rings. The lowest BCUT2D eigenvalue weighted by molar-refractivity contribution is 0.473. The number of benzene rings is 5. The van der Waals surface area contributed by atoms with Crippen LogP contribution in [-0.2, 0) is 0 Å². The molecule has 0 heterocycles. The van der Waals surface area contributed by atoms with E-state index >= 15 is 17.6 Å². The van der Waals surface area contributed by atoms with Gasteiger partial charge in [0, 0.05) is 5.46 Å².